The largest absolute Gasteiger partial charge is 0.508 e. The molecule has 0 spiro atoms. The monoisotopic (exact) mass is 286 g/mol. The van der Waals surface area contributed by atoms with Crippen LogP contribution in [0, 0.1) is 0 Å². The van der Waals surface area contributed by atoms with E-state index < -0.39 is 6.10 Å². The number of aromatic hydroxyl groups is 2. The maximum Gasteiger partial charge on any atom is 0.174 e. The zero-order valence-corrected chi connectivity index (χ0v) is 11.4. The minimum atomic E-state index is -0.512. The highest BCUT2D eigenvalue weighted by Gasteiger charge is 2.32. The Balaban J connectivity index is 2.04. The van der Waals surface area contributed by atoms with E-state index in [-0.39, 0.29) is 35.0 Å². The minimum Gasteiger partial charge on any atom is -0.508 e. The van der Waals surface area contributed by atoms with E-state index >= 15 is 0 Å². The van der Waals surface area contributed by atoms with Gasteiger partial charge in [-0.1, -0.05) is 18.2 Å². The lowest BCUT2D eigenvalue weighted by Crippen LogP contribution is -2.21. The van der Waals surface area contributed by atoms with Gasteiger partial charge in [0.25, 0.3) is 0 Å². The fraction of sp³-hybridized carbons (Fsp3) is 0.188. The van der Waals surface area contributed by atoms with Crippen molar-refractivity contribution in [2.45, 2.75) is 12.5 Å². The quantitative estimate of drug-likeness (QED) is 0.887. The third-order valence-corrected chi connectivity index (χ3v) is 3.47. The molecule has 1 aliphatic rings. The van der Waals surface area contributed by atoms with Crippen LogP contribution in [0.1, 0.15) is 28.4 Å². The van der Waals surface area contributed by atoms with E-state index in [4.69, 9.17) is 9.47 Å². The fourth-order valence-electron chi connectivity index (χ4n) is 2.53. The van der Waals surface area contributed by atoms with Crippen LogP contribution in [-0.2, 0) is 0 Å². The van der Waals surface area contributed by atoms with Crippen molar-refractivity contribution in [3.05, 3.63) is 47.5 Å². The van der Waals surface area contributed by atoms with E-state index in [0.29, 0.717) is 5.75 Å². The molecule has 5 heteroatoms. The fourth-order valence-corrected chi connectivity index (χ4v) is 2.53. The van der Waals surface area contributed by atoms with Gasteiger partial charge >= 0.3 is 0 Å². The van der Waals surface area contributed by atoms with Gasteiger partial charge in [-0.3, -0.25) is 4.79 Å². The number of methoxy groups -OCH3 is 1. The molecular formula is C16H14O5. The maximum absolute atomic E-state index is 12.2. The lowest BCUT2D eigenvalue weighted by Gasteiger charge is -2.27. The van der Waals surface area contributed by atoms with Gasteiger partial charge in [-0.15, -0.1) is 0 Å². The summed E-state index contributed by atoms with van der Waals surface area (Å²) in [5, 5.41) is 19.3. The lowest BCUT2D eigenvalue weighted by atomic mass is 9.95. The molecule has 1 atom stereocenters. The Morgan fingerprint density at radius 1 is 1.24 bits per heavy atom. The van der Waals surface area contributed by atoms with Crippen molar-refractivity contribution >= 4 is 5.78 Å². The molecule has 108 valence electrons. The number of benzene rings is 2. The molecule has 5 nitrogen and oxygen atoms in total. The molecule has 0 saturated heterocycles. The first-order valence-electron chi connectivity index (χ1n) is 6.49. The summed E-state index contributed by atoms with van der Waals surface area (Å²) >= 11 is 0. The number of hydrogen-bond donors (Lipinski definition) is 2. The minimum absolute atomic E-state index is 0.103. The predicted molar refractivity (Wildman–Crippen MR) is 75.1 cm³/mol. The summed E-state index contributed by atoms with van der Waals surface area (Å²) in [4.78, 5) is 12.2. The SMILES string of the molecule is COc1ccccc1[C@H]1CC(=O)c2c(O)cc(O)cc2O1. The van der Waals surface area contributed by atoms with Gasteiger partial charge in [0.1, 0.15) is 34.7 Å². The van der Waals surface area contributed by atoms with E-state index in [2.05, 4.69) is 0 Å². The Morgan fingerprint density at radius 3 is 2.76 bits per heavy atom. The van der Waals surface area contributed by atoms with Crippen molar-refractivity contribution < 1.29 is 24.5 Å². The molecule has 2 aromatic carbocycles. The van der Waals surface area contributed by atoms with Crippen LogP contribution in [0.25, 0.3) is 0 Å². The molecule has 0 aliphatic carbocycles. The molecule has 0 unspecified atom stereocenters. The molecule has 0 radical (unpaired) electrons. The number of rotatable bonds is 2. The molecule has 1 heterocycles. The van der Waals surface area contributed by atoms with Crippen molar-refractivity contribution in [1.29, 1.82) is 0 Å². The summed E-state index contributed by atoms with van der Waals surface area (Å²) in [5.41, 5.74) is 0.862. The second kappa shape index (κ2) is 5.01. The molecule has 21 heavy (non-hydrogen) atoms. The number of fused-ring (bicyclic) bond motifs is 1. The van der Waals surface area contributed by atoms with Crippen molar-refractivity contribution in [3.63, 3.8) is 0 Å². The van der Waals surface area contributed by atoms with Gasteiger partial charge in [-0.2, -0.15) is 0 Å². The first-order chi connectivity index (χ1) is 10.1. The zero-order chi connectivity index (χ0) is 15.0. The standard InChI is InChI=1S/C16H14O5/c1-20-13-5-3-2-4-10(13)14-8-12(19)16-11(18)6-9(17)7-15(16)21-14/h2-7,14,17-18H,8H2,1H3/t14-/m1/s1. The van der Waals surface area contributed by atoms with Crippen LogP contribution in [0.3, 0.4) is 0 Å². The summed E-state index contributed by atoms with van der Waals surface area (Å²) in [6.45, 7) is 0. The summed E-state index contributed by atoms with van der Waals surface area (Å²) in [7, 11) is 1.55. The number of ketones is 1. The van der Waals surface area contributed by atoms with E-state index in [0.717, 1.165) is 11.6 Å². The van der Waals surface area contributed by atoms with Gasteiger partial charge in [0.05, 0.1) is 13.5 Å². The number of ether oxygens (including phenoxy) is 2. The summed E-state index contributed by atoms with van der Waals surface area (Å²) < 4.78 is 11.1. The zero-order valence-electron chi connectivity index (χ0n) is 11.4. The molecule has 2 N–H and O–H groups in total. The molecular weight excluding hydrogens is 272 g/mol. The predicted octanol–water partition coefficient (Wildman–Crippen LogP) is 2.81. The number of carbonyl (C=O) groups is 1. The second-order valence-corrected chi connectivity index (χ2v) is 4.81. The summed E-state index contributed by atoms with van der Waals surface area (Å²) in [6, 6.07) is 9.74. The summed E-state index contributed by atoms with van der Waals surface area (Å²) in [5.74, 6) is 0.153. The number of hydrogen-bond acceptors (Lipinski definition) is 5. The van der Waals surface area contributed by atoms with Crippen molar-refractivity contribution in [2.24, 2.45) is 0 Å². The second-order valence-electron chi connectivity index (χ2n) is 4.81. The lowest BCUT2D eigenvalue weighted by molar-refractivity contribution is 0.0842. The number of para-hydroxylation sites is 1. The first-order valence-corrected chi connectivity index (χ1v) is 6.49. The molecule has 0 aromatic heterocycles. The highest BCUT2D eigenvalue weighted by Crippen LogP contribution is 2.43. The number of phenols is 2. The van der Waals surface area contributed by atoms with Crippen LogP contribution < -0.4 is 9.47 Å². The number of phenolic OH excluding ortho intramolecular Hbond substituents is 2. The van der Waals surface area contributed by atoms with Crippen LogP contribution in [-0.4, -0.2) is 23.1 Å². The van der Waals surface area contributed by atoms with E-state index in [9.17, 15) is 15.0 Å². The third kappa shape index (κ3) is 2.27. The average molecular weight is 286 g/mol. The van der Waals surface area contributed by atoms with Gasteiger partial charge in [-0.25, -0.2) is 0 Å². The Hall–Kier alpha value is -2.69. The van der Waals surface area contributed by atoms with Gasteiger partial charge in [0.15, 0.2) is 5.78 Å². The average Bonchev–Trinajstić information content (AvgIpc) is 2.45. The molecule has 0 fully saturated rings. The normalized spacial score (nSPS) is 17.0. The van der Waals surface area contributed by atoms with Gasteiger partial charge < -0.3 is 19.7 Å². The molecule has 1 aliphatic heterocycles. The van der Waals surface area contributed by atoms with E-state index in [1.807, 2.05) is 18.2 Å². The highest BCUT2D eigenvalue weighted by molar-refractivity contribution is 6.02. The van der Waals surface area contributed by atoms with Crippen LogP contribution >= 0.6 is 0 Å². The highest BCUT2D eigenvalue weighted by atomic mass is 16.5. The number of carbonyl (C=O) groups excluding carboxylic acids is 1. The first kappa shape index (κ1) is 13.3. The molecule has 0 saturated carbocycles. The van der Waals surface area contributed by atoms with E-state index in [1.165, 1.54) is 6.07 Å². The third-order valence-electron chi connectivity index (χ3n) is 3.47. The molecule has 0 bridgehead atoms. The van der Waals surface area contributed by atoms with Crippen molar-refractivity contribution in [3.8, 4) is 23.0 Å². The Morgan fingerprint density at radius 2 is 2.00 bits per heavy atom. The topological polar surface area (TPSA) is 76.0 Å². The maximum atomic E-state index is 12.2. The van der Waals surface area contributed by atoms with Crippen LogP contribution in [0.5, 0.6) is 23.0 Å². The Bertz CT molecular complexity index is 708. The number of Topliss-reactive ketones (excluding diaryl/α,β-unsaturated/α-hetero) is 1. The van der Waals surface area contributed by atoms with Crippen LogP contribution in [0.15, 0.2) is 36.4 Å². The van der Waals surface area contributed by atoms with Crippen LogP contribution in [0.4, 0.5) is 0 Å². The van der Waals surface area contributed by atoms with Crippen molar-refractivity contribution in [1.82, 2.24) is 0 Å². The van der Waals surface area contributed by atoms with Gasteiger partial charge in [0.2, 0.25) is 0 Å². The Labute approximate surface area is 121 Å². The van der Waals surface area contributed by atoms with Crippen LogP contribution in [0.2, 0.25) is 0 Å². The molecule has 0 amide bonds. The van der Waals surface area contributed by atoms with Gasteiger partial charge in [-0.05, 0) is 6.07 Å². The van der Waals surface area contributed by atoms with Crippen molar-refractivity contribution in [2.75, 3.05) is 7.11 Å². The van der Waals surface area contributed by atoms with Gasteiger partial charge in [0, 0.05) is 17.7 Å². The molecule has 2 aromatic rings. The molecule has 3 rings (SSSR count). The van der Waals surface area contributed by atoms with E-state index in [1.54, 1.807) is 13.2 Å². The smallest absolute Gasteiger partial charge is 0.174 e. The Kier molecular flexibility index (Phi) is 3.17. The summed E-state index contributed by atoms with van der Waals surface area (Å²) in [6.07, 6.45) is -0.409.